The van der Waals surface area contributed by atoms with Crippen LogP contribution in [0.15, 0.2) is 170 Å². The Morgan fingerprint density at radius 2 is 0.940 bits per heavy atom. The average molecular weight is 633 g/mol. The van der Waals surface area contributed by atoms with Crippen LogP contribution in [0.3, 0.4) is 0 Å². The van der Waals surface area contributed by atoms with Crippen LogP contribution in [0, 0.1) is 11.3 Å². The zero-order chi connectivity index (χ0) is 33.2. The predicted octanol–water partition coefficient (Wildman–Crippen LogP) is 12.9. The van der Waals surface area contributed by atoms with Gasteiger partial charge in [0.2, 0.25) is 0 Å². The molecule has 0 saturated heterocycles. The van der Waals surface area contributed by atoms with Crippen LogP contribution in [0.25, 0.3) is 98.3 Å². The Hall–Kier alpha value is -6.82. The summed E-state index contributed by atoms with van der Waals surface area (Å²) >= 11 is 0. The molecule has 50 heavy (non-hydrogen) atoms. The fourth-order valence-corrected chi connectivity index (χ4v) is 8.02. The van der Waals surface area contributed by atoms with E-state index in [9.17, 15) is 5.26 Å². The molecule has 9 aromatic carbocycles. The van der Waals surface area contributed by atoms with Crippen LogP contribution in [0.4, 0.5) is 0 Å². The summed E-state index contributed by atoms with van der Waals surface area (Å²) in [6.45, 7) is 0. The Morgan fingerprint density at radius 1 is 0.400 bits per heavy atom. The molecule has 0 fully saturated rings. The largest absolute Gasteiger partial charge is 0.247 e. The molecule has 0 atom stereocenters. The van der Waals surface area contributed by atoms with Gasteiger partial charge in [0, 0.05) is 21.7 Å². The second kappa shape index (κ2) is 11.1. The third-order valence-electron chi connectivity index (χ3n) is 10.2. The smallest absolute Gasteiger partial charge is 0.0991 e. The molecule has 0 spiro atoms. The van der Waals surface area contributed by atoms with Crippen LogP contribution >= 0.6 is 0 Å². The second-order valence-electron chi connectivity index (χ2n) is 13.0. The van der Waals surface area contributed by atoms with Gasteiger partial charge in [0.1, 0.15) is 0 Å². The molecule has 0 aliphatic heterocycles. The molecule has 0 N–H and O–H groups in total. The second-order valence-corrected chi connectivity index (χ2v) is 13.0. The maximum Gasteiger partial charge on any atom is 0.0991 e. The van der Waals surface area contributed by atoms with Gasteiger partial charge in [-0.05, 0) is 95.7 Å². The number of pyridine rings is 1. The van der Waals surface area contributed by atoms with Gasteiger partial charge >= 0.3 is 0 Å². The summed E-state index contributed by atoms with van der Waals surface area (Å²) in [5.41, 5.74) is 8.41. The molecule has 0 aliphatic carbocycles. The summed E-state index contributed by atoms with van der Waals surface area (Å²) in [6.07, 6.45) is 0. The first-order chi connectivity index (χ1) is 24.8. The molecule has 0 unspecified atom stereocenters. The Kier molecular flexibility index (Phi) is 6.28. The lowest BCUT2D eigenvalue weighted by Gasteiger charge is -2.21. The highest BCUT2D eigenvalue weighted by Crippen LogP contribution is 2.48. The molecule has 0 aliphatic rings. The van der Waals surface area contributed by atoms with E-state index in [1.165, 1.54) is 65.2 Å². The number of aromatic nitrogens is 1. The zero-order valence-corrected chi connectivity index (χ0v) is 27.1. The van der Waals surface area contributed by atoms with Gasteiger partial charge in [0.05, 0.1) is 22.8 Å². The average Bonchev–Trinajstić information content (AvgIpc) is 3.19. The number of nitriles is 1. The standard InChI is InChI=1S/C48H28N2/c49-29-30-22-24-31(25-23-30)45-37-18-8-10-20-39(37)46(40-21-11-9-19-38(40)45)41-28-43-47(36-17-7-6-16-35(36)41)42-26-33-14-4-5-15-34(33)27-44(42)50-48(43)32-12-2-1-3-13-32/h1-28H. The van der Waals surface area contributed by atoms with Gasteiger partial charge in [-0.25, -0.2) is 4.98 Å². The summed E-state index contributed by atoms with van der Waals surface area (Å²) < 4.78 is 0. The molecule has 10 rings (SSSR count). The van der Waals surface area contributed by atoms with Crippen molar-refractivity contribution in [1.82, 2.24) is 4.98 Å². The number of fused-ring (bicyclic) bond motifs is 8. The van der Waals surface area contributed by atoms with Crippen molar-refractivity contribution in [3.8, 4) is 39.6 Å². The van der Waals surface area contributed by atoms with Crippen LogP contribution in [-0.2, 0) is 0 Å². The van der Waals surface area contributed by atoms with Gasteiger partial charge in [-0.15, -0.1) is 0 Å². The number of rotatable bonds is 3. The van der Waals surface area contributed by atoms with Crippen molar-refractivity contribution in [2.45, 2.75) is 0 Å². The quantitative estimate of drug-likeness (QED) is 0.144. The van der Waals surface area contributed by atoms with Crippen molar-refractivity contribution in [3.05, 3.63) is 175 Å². The number of benzene rings is 9. The van der Waals surface area contributed by atoms with Crippen molar-refractivity contribution >= 4 is 64.8 Å². The fourth-order valence-electron chi connectivity index (χ4n) is 8.02. The number of hydrogen-bond acceptors (Lipinski definition) is 2. The number of nitrogens with zero attached hydrogens (tertiary/aromatic N) is 2. The molecular weight excluding hydrogens is 605 g/mol. The van der Waals surface area contributed by atoms with Gasteiger partial charge < -0.3 is 0 Å². The van der Waals surface area contributed by atoms with Gasteiger partial charge in [0.15, 0.2) is 0 Å². The van der Waals surface area contributed by atoms with E-state index < -0.39 is 0 Å². The molecule has 2 heteroatoms. The van der Waals surface area contributed by atoms with Crippen LogP contribution in [-0.4, -0.2) is 4.98 Å². The molecule has 0 bridgehead atoms. The van der Waals surface area contributed by atoms with E-state index in [1.54, 1.807) is 0 Å². The maximum atomic E-state index is 9.51. The van der Waals surface area contributed by atoms with E-state index in [1.807, 2.05) is 12.1 Å². The Balaban J connectivity index is 1.40. The Labute approximate surface area is 289 Å². The number of hydrogen-bond donors (Lipinski definition) is 0. The molecule has 0 saturated carbocycles. The van der Waals surface area contributed by atoms with Gasteiger partial charge in [-0.1, -0.05) is 140 Å². The monoisotopic (exact) mass is 632 g/mol. The lowest BCUT2D eigenvalue weighted by Crippen LogP contribution is -1.95. The minimum atomic E-state index is 0.657. The third kappa shape index (κ3) is 4.24. The lowest BCUT2D eigenvalue weighted by atomic mass is 9.83. The SMILES string of the molecule is N#Cc1ccc(-c2c3ccccc3c(-c3cc4c(-c5ccccc5)nc5cc6ccccc6cc5c4c4ccccc34)c3ccccc23)cc1. The zero-order valence-electron chi connectivity index (χ0n) is 27.1. The van der Waals surface area contributed by atoms with Crippen LogP contribution < -0.4 is 0 Å². The van der Waals surface area contributed by atoms with Crippen LogP contribution in [0.5, 0.6) is 0 Å². The first-order valence-electron chi connectivity index (χ1n) is 16.9. The maximum absolute atomic E-state index is 9.51. The lowest BCUT2D eigenvalue weighted by molar-refractivity contribution is 1.43. The Bertz CT molecular complexity index is 2970. The first kappa shape index (κ1) is 28.2. The van der Waals surface area contributed by atoms with E-state index in [-0.39, 0.29) is 0 Å². The molecule has 230 valence electrons. The van der Waals surface area contributed by atoms with E-state index in [4.69, 9.17) is 4.98 Å². The predicted molar refractivity (Wildman–Crippen MR) is 210 cm³/mol. The summed E-state index contributed by atoms with van der Waals surface area (Å²) in [6, 6.07) is 62.7. The third-order valence-corrected chi connectivity index (χ3v) is 10.2. The van der Waals surface area contributed by atoms with Gasteiger partial charge in [0.25, 0.3) is 0 Å². The summed E-state index contributed by atoms with van der Waals surface area (Å²) in [4.78, 5) is 5.43. The molecular formula is C48H28N2. The molecule has 1 aromatic heterocycles. The van der Waals surface area contributed by atoms with Crippen LogP contribution in [0.1, 0.15) is 5.56 Å². The van der Waals surface area contributed by atoms with E-state index in [0.29, 0.717) is 5.56 Å². The molecule has 2 nitrogen and oxygen atoms in total. The van der Waals surface area contributed by atoms with Crippen molar-refractivity contribution in [2.75, 3.05) is 0 Å². The summed E-state index contributed by atoms with van der Waals surface area (Å²) in [5.74, 6) is 0. The van der Waals surface area contributed by atoms with E-state index in [2.05, 4.69) is 164 Å². The molecule has 10 aromatic rings. The highest BCUT2D eigenvalue weighted by molar-refractivity contribution is 6.30. The van der Waals surface area contributed by atoms with Crippen molar-refractivity contribution in [3.63, 3.8) is 0 Å². The molecule has 0 amide bonds. The highest BCUT2D eigenvalue weighted by Gasteiger charge is 2.21. The van der Waals surface area contributed by atoms with Gasteiger partial charge in [-0.2, -0.15) is 5.26 Å². The first-order valence-corrected chi connectivity index (χ1v) is 16.9. The van der Waals surface area contributed by atoms with Crippen molar-refractivity contribution in [1.29, 1.82) is 5.26 Å². The highest BCUT2D eigenvalue weighted by atomic mass is 14.7. The van der Waals surface area contributed by atoms with Crippen molar-refractivity contribution < 1.29 is 0 Å². The van der Waals surface area contributed by atoms with E-state index >= 15 is 0 Å². The normalized spacial score (nSPS) is 11.6. The fraction of sp³-hybridized carbons (Fsp3) is 0. The van der Waals surface area contributed by atoms with Crippen molar-refractivity contribution in [2.24, 2.45) is 0 Å². The summed E-state index contributed by atoms with van der Waals surface area (Å²) in [5, 5.41) is 22.6. The molecule has 1 heterocycles. The topological polar surface area (TPSA) is 36.7 Å². The summed E-state index contributed by atoms with van der Waals surface area (Å²) in [7, 11) is 0. The van der Waals surface area contributed by atoms with Gasteiger partial charge in [-0.3, -0.25) is 0 Å². The Morgan fingerprint density at radius 3 is 1.58 bits per heavy atom. The van der Waals surface area contributed by atoms with Crippen LogP contribution in [0.2, 0.25) is 0 Å². The minimum absolute atomic E-state index is 0.657. The minimum Gasteiger partial charge on any atom is -0.247 e. The van der Waals surface area contributed by atoms with E-state index in [0.717, 1.165) is 33.1 Å². The molecule has 0 radical (unpaired) electrons.